The topological polar surface area (TPSA) is 59.1 Å². The Morgan fingerprint density at radius 3 is 2.25 bits per heavy atom. The minimum atomic E-state index is -4.50. The van der Waals surface area contributed by atoms with Gasteiger partial charge in [-0.1, -0.05) is 6.07 Å². The van der Waals surface area contributed by atoms with Gasteiger partial charge in [0.05, 0.1) is 5.56 Å². The molecule has 6 nitrogen and oxygen atoms in total. The summed E-state index contributed by atoms with van der Waals surface area (Å²) in [6.45, 7) is 5.14. The van der Waals surface area contributed by atoms with Crippen molar-refractivity contribution in [2.24, 2.45) is 0 Å². The molecule has 0 atom stereocenters. The van der Waals surface area contributed by atoms with Crippen LogP contribution >= 0.6 is 0 Å². The summed E-state index contributed by atoms with van der Waals surface area (Å²) in [6.07, 6.45) is -4.50. The zero-order valence-electron chi connectivity index (χ0n) is 16.8. The fraction of sp³-hybridized carbons (Fsp3) is 0.579. The van der Waals surface area contributed by atoms with E-state index in [9.17, 15) is 22.8 Å². The molecule has 0 aliphatic heterocycles. The van der Waals surface area contributed by atoms with Crippen LogP contribution in [0.2, 0.25) is 0 Å². The van der Waals surface area contributed by atoms with Crippen LogP contribution in [-0.2, 0) is 20.5 Å². The van der Waals surface area contributed by atoms with E-state index in [0.29, 0.717) is 6.54 Å². The second-order valence-corrected chi connectivity index (χ2v) is 7.52. The molecule has 28 heavy (non-hydrogen) atoms. The monoisotopic (exact) mass is 404 g/mol. The van der Waals surface area contributed by atoms with Crippen molar-refractivity contribution in [2.75, 3.05) is 40.3 Å². The normalized spacial score (nSPS) is 12.0. The maximum atomic E-state index is 12.8. The van der Waals surface area contributed by atoms with Crippen LogP contribution < -0.4 is 4.74 Å². The van der Waals surface area contributed by atoms with Crippen molar-refractivity contribution >= 4 is 11.9 Å². The van der Waals surface area contributed by atoms with E-state index in [4.69, 9.17) is 9.47 Å². The Bertz CT molecular complexity index is 670. The number of likely N-dealkylation sites (N-methyl/N-ethyl adjacent to an activating group) is 1. The number of esters is 1. The molecule has 9 heteroatoms. The van der Waals surface area contributed by atoms with Crippen molar-refractivity contribution in [1.29, 1.82) is 0 Å². The molecule has 0 spiro atoms. The summed E-state index contributed by atoms with van der Waals surface area (Å²) >= 11 is 0. The number of nitrogens with zero attached hydrogens (tertiary/aromatic N) is 2. The quantitative estimate of drug-likeness (QED) is 0.624. The third-order valence-corrected chi connectivity index (χ3v) is 3.43. The van der Waals surface area contributed by atoms with Crippen LogP contribution in [0.15, 0.2) is 24.3 Å². The maximum Gasteiger partial charge on any atom is 0.416 e. The van der Waals surface area contributed by atoms with Crippen molar-refractivity contribution in [3.8, 4) is 5.75 Å². The van der Waals surface area contributed by atoms with E-state index in [-0.39, 0.29) is 18.8 Å². The van der Waals surface area contributed by atoms with Gasteiger partial charge in [0, 0.05) is 13.1 Å². The zero-order chi connectivity index (χ0) is 21.5. The van der Waals surface area contributed by atoms with Crippen LogP contribution in [0.25, 0.3) is 0 Å². The molecule has 0 radical (unpaired) electrons. The molecule has 0 N–H and O–H groups in total. The van der Waals surface area contributed by atoms with Crippen LogP contribution in [0.1, 0.15) is 26.3 Å². The minimum absolute atomic E-state index is 0.0759. The molecule has 0 aromatic heterocycles. The first kappa shape index (κ1) is 23.7. The Morgan fingerprint density at radius 1 is 1.07 bits per heavy atom. The smallest absolute Gasteiger partial charge is 0.416 e. The second-order valence-electron chi connectivity index (χ2n) is 7.52. The summed E-state index contributed by atoms with van der Waals surface area (Å²) in [5.74, 6) is -1.17. The van der Waals surface area contributed by atoms with Crippen molar-refractivity contribution < 1.29 is 32.2 Å². The van der Waals surface area contributed by atoms with Gasteiger partial charge in [-0.25, -0.2) is 0 Å². The first-order chi connectivity index (χ1) is 12.8. The SMILES string of the molecule is CN(C)CCN(CC(=O)OC(C)(C)C)C(=O)COc1cccc(C(F)(F)F)c1. The average molecular weight is 404 g/mol. The lowest BCUT2D eigenvalue weighted by molar-refractivity contribution is -0.159. The van der Waals surface area contributed by atoms with E-state index in [0.717, 1.165) is 12.1 Å². The molecule has 1 amide bonds. The lowest BCUT2D eigenvalue weighted by atomic mass is 10.2. The number of hydrogen-bond acceptors (Lipinski definition) is 5. The Morgan fingerprint density at radius 2 is 1.71 bits per heavy atom. The molecule has 0 saturated heterocycles. The predicted octanol–water partition coefficient (Wildman–Crippen LogP) is 2.82. The highest BCUT2D eigenvalue weighted by molar-refractivity contribution is 5.83. The molecule has 0 unspecified atom stereocenters. The molecular formula is C19H27F3N2O4. The van der Waals surface area contributed by atoms with E-state index in [2.05, 4.69) is 0 Å². The minimum Gasteiger partial charge on any atom is -0.484 e. The molecule has 0 saturated carbocycles. The van der Waals surface area contributed by atoms with E-state index >= 15 is 0 Å². The number of carbonyl (C=O) groups excluding carboxylic acids is 2. The molecular weight excluding hydrogens is 377 g/mol. The van der Waals surface area contributed by atoms with E-state index in [1.807, 2.05) is 19.0 Å². The number of amides is 1. The molecule has 0 bridgehead atoms. The van der Waals surface area contributed by atoms with Gasteiger partial charge in [0.25, 0.3) is 5.91 Å². The zero-order valence-corrected chi connectivity index (χ0v) is 16.8. The fourth-order valence-electron chi connectivity index (χ4n) is 2.14. The summed E-state index contributed by atoms with van der Waals surface area (Å²) in [5.41, 5.74) is -1.56. The van der Waals surface area contributed by atoms with E-state index in [1.54, 1.807) is 20.8 Å². The van der Waals surface area contributed by atoms with E-state index in [1.165, 1.54) is 17.0 Å². The highest BCUT2D eigenvalue weighted by Crippen LogP contribution is 2.31. The number of ether oxygens (including phenoxy) is 2. The van der Waals surface area contributed by atoms with Gasteiger partial charge in [-0.3, -0.25) is 9.59 Å². The maximum absolute atomic E-state index is 12.8. The van der Waals surface area contributed by atoms with Gasteiger partial charge in [0.15, 0.2) is 6.61 Å². The average Bonchev–Trinajstić information content (AvgIpc) is 2.54. The van der Waals surface area contributed by atoms with Gasteiger partial charge < -0.3 is 19.3 Å². The first-order valence-electron chi connectivity index (χ1n) is 8.72. The van der Waals surface area contributed by atoms with Crippen molar-refractivity contribution in [2.45, 2.75) is 32.5 Å². The number of benzene rings is 1. The summed E-state index contributed by atoms with van der Waals surface area (Å²) in [6, 6.07) is 4.28. The van der Waals surface area contributed by atoms with Gasteiger partial charge in [-0.15, -0.1) is 0 Å². The largest absolute Gasteiger partial charge is 0.484 e. The summed E-state index contributed by atoms with van der Waals surface area (Å²) < 4.78 is 48.7. The summed E-state index contributed by atoms with van der Waals surface area (Å²) in [5, 5.41) is 0. The Balaban J connectivity index is 2.76. The second kappa shape index (κ2) is 9.77. The number of alkyl halides is 3. The number of halogens is 3. The number of rotatable bonds is 8. The van der Waals surface area contributed by atoms with Crippen LogP contribution in [-0.4, -0.2) is 67.6 Å². The molecule has 1 rings (SSSR count). The lowest BCUT2D eigenvalue weighted by Crippen LogP contribution is -2.43. The summed E-state index contributed by atoms with van der Waals surface area (Å²) in [7, 11) is 3.63. The molecule has 1 aromatic rings. The number of hydrogen-bond donors (Lipinski definition) is 0. The summed E-state index contributed by atoms with van der Waals surface area (Å²) in [4.78, 5) is 27.6. The molecule has 0 aliphatic rings. The van der Waals surface area contributed by atoms with Gasteiger partial charge in [-0.2, -0.15) is 13.2 Å². The number of carbonyl (C=O) groups is 2. The highest BCUT2D eigenvalue weighted by atomic mass is 19.4. The van der Waals surface area contributed by atoms with Crippen LogP contribution in [0, 0.1) is 0 Å². The highest BCUT2D eigenvalue weighted by Gasteiger charge is 2.30. The van der Waals surface area contributed by atoms with Crippen LogP contribution in [0.5, 0.6) is 5.75 Å². The van der Waals surface area contributed by atoms with Gasteiger partial charge in [-0.05, 0) is 53.1 Å². The molecule has 0 fully saturated rings. The van der Waals surface area contributed by atoms with Crippen molar-refractivity contribution in [3.05, 3.63) is 29.8 Å². The lowest BCUT2D eigenvalue weighted by Gasteiger charge is -2.26. The van der Waals surface area contributed by atoms with Gasteiger partial charge in [0.2, 0.25) is 0 Å². The van der Waals surface area contributed by atoms with Crippen LogP contribution in [0.3, 0.4) is 0 Å². The van der Waals surface area contributed by atoms with Crippen LogP contribution in [0.4, 0.5) is 13.2 Å². The third-order valence-electron chi connectivity index (χ3n) is 3.43. The Hall–Kier alpha value is -2.29. The predicted molar refractivity (Wildman–Crippen MR) is 97.9 cm³/mol. The van der Waals surface area contributed by atoms with E-state index < -0.39 is 35.8 Å². The fourth-order valence-corrected chi connectivity index (χ4v) is 2.14. The first-order valence-corrected chi connectivity index (χ1v) is 8.72. The third kappa shape index (κ3) is 9.07. The van der Waals surface area contributed by atoms with Crippen molar-refractivity contribution in [3.63, 3.8) is 0 Å². The van der Waals surface area contributed by atoms with Gasteiger partial charge in [0.1, 0.15) is 17.9 Å². The Labute approximate surface area is 163 Å². The Kier molecular flexibility index (Phi) is 8.29. The molecule has 0 aliphatic carbocycles. The standard InChI is InChI=1S/C19H27F3N2O4/c1-18(2,3)28-17(26)12-24(10-9-23(4)5)16(25)13-27-15-8-6-7-14(11-15)19(20,21)22/h6-8,11H,9-10,12-13H2,1-5H3. The van der Waals surface area contributed by atoms with Gasteiger partial charge >= 0.3 is 12.1 Å². The molecule has 0 heterocycles. The molecule has 1 aromatic carbocycles. The molecule has 158 valence electrons. The van der Waals surface area contributed by atoms with Crippen molar-refractivity contribution in [1.82, 2.24) is 9.80 Å².